The molecule has 0 radical (unpaired) electrons. The van der Waals surface area contributed by atoms with Crippen molar-refractivity contribution >= 4 is 178 Å². The third-order valence-electron chi connectivity index (χ3n) is 4.08. The molecule has 0 saturated heterocycles. The Hall–Kier alpha value is 6.17. The molecule has 0 unspecified atom stereocenters. The fourth-order valence-corrected chi connectivity index (χ4v) is 22.1. The van der Waals surface area contributed by atoms with Gasteiger partial charge < -0.3 is 134 Å². The van der Waals surface area contributed by atoms with Gasteiger partial charge in [0.15, 0.2) is 0 Å². The fourth-order valence-electron chi connectivity index (χ4n) is 3.25. The molecule has 0 aliphatic heterocycles. The standard InChI is InChI=1S/6C6H15O2PS2.H3N.W/c6*1-5(2)7-9(10,11)8-6(3)4;;/h6*5-6H,1-4H3,(H,10,11);1H3;/q;;;;;;;+6/p-6. The predicted molar refractivity (Wildman–Crippen MR) is 330 cm³/mol. The largest absolute Gasteiger partial charge is 6.00 e. The zero-order valence-electron chi connectivity index (χ0n) is 44.5. The first-order chi connectivity index (χ1) is 29.0. The van der Waals surface area contributed by atoms with Gasteiger partial charge in [-0.05, 0) is 166 Å². The topological polar surface area (TPSA) is 146 Å². The van der Waals surface area contributed by atoms with Gasteiger partial charge in [0.25, 0.3) is 0 Å². The van der Waals surface area contributed by atoms with Crippen LogP contribution in [0.25, 0.3) is 0 Å². The summed E-state index contributed by atoms with van der Waals surface area (Å²) < 4.78 is 63.2. The van der Waals surface area contributed by atoms with Crippen LogP contribution in [0.2, 0.25) is 0 Å². The molecule has 0 aromatic rings. The van der Waals surface area contributed by atoms with E-state index in [1.807, 2.05) is 166 Å². The van der Waals surface area contributed by atoms with Crippen LogP contribution in [0.4, 0.5) is 0 Å². The van der Waals surface area contributed by atoms with E-state index >= 15 is 0 Å². The van der Waals surface area contributed by atoms with Crippen LogP contribution in [0.1, 0.15) is 166 Å². The first-order valence-corrected chi connectivity index (χ1v) is 43.0. The van der Waals surface area contributed by atoms with Crippen LogP contribution in [-0.2, 0) is 220 Å². The van der Waals surface area contributed by atoms with Crippen LogP contribution in [-0.4, -0.2) is 73.2 Å². The smallest absolute Gasteiger partial charge is 0.691 e. The van der Waals surface area contributed by atoms with Crippen molar-refractivity contribution in [2.24, 2.45) is 0 Å². The maximum Gasteiger partial charge on any atom is 6.00 e. The molecule has 0 atom stereocenters. The maximum atomic E-state index is 5.27. The first kappa shape index (κ1) is 90.7. The average molecular weight is 1480 g/mol. The van der Waals surface area contributed by atoms with E-state index in [1.165, 1.54) is 0 Å². The van der Waals surface area contributed by atoms with Gasteiger partial charge in [-0.2, -0.15) is 0 Å². The Kier molecular flexibility index (Phi) is 62.5. The van der Waals surface area contributed by atoms with E-state index in [4.69, 9.17) is 199 Å². The number of hydrogen-bond acceptors (Lipinski definition) is 25. The molecule has 0 aliphatic rings. The van der Waals surface area contributed by atoms with E-state index in [2.05, 4.69) is 0 Å². The molecule has 0 aromatic carbocycles. The number of hydrogen-bond donors (Lipinski definition) is 1. The predicted octanol–water partition coefficient (Wildman–Crippen LogP) is 15.8. The van der Waals surface area contributed by atoms with Crippen LogP contribution in [0, 0.1) is 0 Å². The summed E-state index contributed by atoms with van der Waals surface area (Å²) in [6, 6.07) is 0. The second-order valence-electron chi connectivity index (χ2n) is 16.5. The van der Waals surface area contributed by atoms with E-state index in [9.17, 15) is 0 Å². The zero-order chi connectivity index (χ0) is 54.4. The molecule has 0 fully saturated rings. The molecule has 0 aliphatic carbocycles. The van der Waals surface area contributed by atoms with Gasteiger partial charge in [-0.25, -0.2) is 0 Å². The van der Waals surface area contributed by atoms with E-state index in [0.717, 1.165) is 0 Å². The third kappa shape index (κ3) is 83.5. The summed E-state index contributed by atoms with van der Waals surface area (Å²) in [6.07, 6.45) is 0.634. The van der Waals surface area contributed by atoms with Crippen molar-refractivity contribution in [2.75, 3.05) is 0 Å². The Morgan fingerprint density at radius 2 is 0.250 bits per heavy atom. The van der Waals surface area contributed by atoms with Gasteiger partial charge in [-0.1, -0.05) is 70.8 Å². The molecule has 0 amide bonds. The second-order valence-corrected chi connectivity index (χ2v) is 45.9. The molecule has 3 N–H and O–H groups in total. The van der Waals surface area contributed by atoms with Crippen LogP contribution < -0.4 is 6.15 Å². The van der Waals surface area contributed by atoms with E-state index < -0.39 is 34.2 Å². The zero-order valence-corrected chi connectivity index (χ0v) is 62.6. The molecule has 0 spiro atoms. The minimum absolute atomic E-state index is 0. The summed E-state index contributed by atoms with van der Waals surface area (Å²) >= 11 is 59.7. The molecule has 0 saturated carbocycles. The van der Waals surface area contributed by atoms with E-state index in [0.29, 0.717) is 0 Å². The first-order valence-electron chi connectivity index (χ1n) is 21.1. The summed E-state index contributed by atoms with van der Waals surface area (Å²) in [7, 11) is 0. The van der Waals surface area contributed by atoms with Crippen molar-refractivity contribution in [3.63, 3.8) is 0 Å². The molecule has 68 heavy (non-hydrogen) atoms. The van der Waals surface area contributed by atoms with Gasteiger partial charge in [0.1, 0.15) is 0 Å². The minimum atomic E-state index is -2.39. The second kappa shape index (κ2) is 46.9. The van der Waals surface area contributed by atoms with Gasteiger partial charge in [-0.3, -0.25) is 0 Å². The molecule has 0 heterocycles. The maximum absolute atomic E-state index is 5.27. The normalized spacial score (nSPS) is 12.6. The Morgan fingerprint density at radius 3 is 0.279 bits per heavy atom. The third-order valence-corrected chi connectivity index (χ3v) is 18.4. The average Bonchev–Trinajstić information content (AvgIpc) is 2.90. The van der Waals surface area contributed by atoms with Gasteiger partial charge >= 0.3 is 21.1 Å². The molecule has 416 valence electrons. The SMILES string of the molecule is CC(C)OP(=S)([S-])OC(C)C.CC(C)OP(=S)([S-])OC(C)C.CC(C)OP(=S)([S-])OC(C)C.CC(C)OP(=S)([S-])OC(C)C.CC(C)OP(=S)([S-])OC(C)C.CC(C)OP(=S)([S-])OC(C)C.N.[W+6]. The minimum Gasteiger partial charge on any atom is -0.691 e. The number of rotatable bonds is 24. The molecular weight excluding hydrogens is 1390 g/mol. The fraction of sp³-hybridized carbons (Fsp3) is 1.00. The Bertz CT molecular complexity index is 1160. The summed E-state index contributed by atoms with van der Waals surface area (Å²) in [5, 5.41) is 0. The molecule has 32 heteroatoms. The van der Waals surface area contributed by atoms with Gasteiger partial charge in [0.05, 0.1) is 107 Å². The van der Waals surface area contributed by atoms with Crippen LogP contribution in [0.3, 0.4) is 0 Å². The Morgan fingerprint density at radius 1 is 0.206 bits per heavy atom. The van der Waals surface area contributed by atoms with Crippen molar-refractivity contribution in [1.82, 2.24) is 6.15 Å². The summed E-state index contributed by atoms with van der Waals surface area (Å²) in [5.74, 6) is 0. The van der Waals surface area contributed by atoms with E-state index in [1.54, 1.807) is 0 Å². The quantitative estimate of drug-likeness (QED) is 0.0721. The molecule has 0 rings (SSSR count). The molecule has 0 bridgehead atoms. The Labute approximate surface area is 494 Å². The Balaban J connectivity index is -0.000000105. The van der Waals surface area contributed by atoms with Crippen LogP contribution in [0.5, 0.6) is 0 Å². The van der Waals surface area contributed by atoms with Gasteiger partial charge in [-0.15, -0.1) is 0 Å². The van der Waals surface area contributed by atoms with Crippen molar-refractivity contribution < 1.29 is 75.4 Å². The van der Waals surface area contributed by atoms with Crippen molar-refractivity contribution in [3.8, 4) is 0 Å². The van der Waals surface area contributed by atoms with Crippen molar-refractivity contribution in [2.45, 2.75) is 239 Å². The summed E-state index contributed by atoms with van der Waals surface area (Å²) in [6.45, 7) is 45.6. The summed E-state index contributed by atoms with van der Waals surface area (Å²) in [4.78, 5) is 0. The van der Waals surface area contributed by atoms with E-state index in [-0.39, 0.29) is 100 Å². The van der Waals surface area contributed by atoms with Gasteiger partial charge in [0, 0.05) is 0 Å². The van der Waals surface area contributed by atoms with Gasteiger partial charge in [0.2, 0.25) is 0 Å². The summed E-state index contributed by atoms with van der Waals surface area (Å²) in [5.41, 5.74) is -14.3. The van der Waals surface area contributed by atoms with Crippen LogP contribution >= 0.6 is 34.2 Å². The molecule has 0 aromatic heterocycles. The van der Waals surface area contributed by atoms with Crippen molar-refractivity contribution in [1.29, 1.82) is 0 Å². The van der Waals surface area contributed by atoms with Crippen LogP contribution in [0.15, 0.2) is 0 Å². The van der Waals surface area contributed by atoms with Crippen molar-refractivity contribution in [3.05, 3.63) is 0 Å². The molecular formula is C36H87NO12P6S12W. The monoisotopic (exact) mass is 1480 g/mol. The molecule has 13 nitrogen and oxygen atoms in total.